The van der Waals surface area contributed by atoms with Crippen LogP contribution >= 0.6 is 15.9 Å². The van der Waals surface area contributed by atoms with Crippen LogP contribution in [0.5, 0.6) is 0 Å². The summed E-state index contributed by atoms with van der Waals surface area (Å²) in [5, 5.41) is 10.8. The number of aromatic nitrogens is 1. The molecule has 0 aliphatic rings. The maximum absolute atomic E-state index is 4.28. The first-order valence-electron chi connectivity index (χ1n) is 4.80. The molecule has 1 heterocycles. The second-order valence-corrected chi connectivity index (χ2v) is 4.44. The highest BCUT2D eigenvalue weighted by Crippen LogP contribution is 2.26. The number of benzene rings is 1. The van der Waals surface area contributed by atoms with Crippen LogP contribution in [0.25, 0.3) is 10.9 Å². The van der Waals surface area contributed by atoms with Gasteiger partial charge in [0.15, 0.2) is 0 Å². The first kappa shape index (κ1) is 11.0. The normalized spacial score (nSPS) is 11.2. The summed E-state index contributed by atoms with van der Waals surface area (Å²) in [6.45, 7) is 0. The molecule has 16 heavy (non-hydrogen) atoms. The molecule has 0 saturated carbocycles. The van der Waals surface area contributed by atoms with Crippen molar-refractivity contribution in [2.24, 2.45) is 10.3 Å². The van der Waals surface area contributed by atoms with Crippen LogP contribution in [0, 0.1) is 0 Å². The molecule has 0 bridgehead atoms. The highest BCUT2D eigenvalue weighted by atomic mass is 79.9. The molecule has 0 amide bonds. The fraction of sp³-hybridized carbons (Fsp3) is 0.182. The van der Waals surface area contributed by atoms with Crippen molar-refractivity contribution >= 4 is 32.5 Å². The van der Waals surface area contributed by atoms with E-state index in [0.717, 1.165) is 21.1 Å². The van der Waals surface area contributed by atoms with E-state index in [1.165, 1.54) is 0 Å². The van der Waals surface area contributed by atoms with Gasteiger partial charge < -0.3 is 0 Å². The van der Waals surface area contributed by atoms with Crippen LogP contribution in [0.3, 0.4) is 0 Å². The van der Waals surface area contributed by atoms with Gasteiger partial charge in [-0.15, -0.1) is 5.11 Å². The summed E-state index contributed by atoms with van der Waals surface area (Å²) < 4.78 is 1.01. The quantitative estimate of drug-likeness (QED) is 0.623. The number of halogens is 1. The fourth-order valence-electron chi connectivity index (χ4n) is 1.33. The lowest BCUT2D eigenvalue weighted by atomic mass is 10.2. The second kappa shape index (κ2) is 4.57. The van der Waals surface area contributed by atoms with E-state index in [1.807, 2.05) is 38.4 Å². The van der Waals surface area contributed by atoms with E-state index in [1.54, 1.807) is 11.2 Å². The topological polar surface area (TPSA) is 40.9 Å². The van der Waals surface area contributed by atoms with E-state index in [-0.39, 0.29) is 0 Å². The zero-order valence-electron chi connectivity index (χ0n) is 9.05. The molecular formula is C11H11BrN4. The molecule has 0 spiro atoms. The lowest BCUT2D eigenvalue weighted by Crippen LogP contribution is -1.98. The van der Waals surface area contributed by atoms with E-state index >= 15 is 0 Å². The summed E-state index contributed by atoms with van der Waals surface area (Å²) in [5.41, 5.74) is 1.73. The van der Waals surface area contributed by atoms with Crippen LogP contribution in [0.1, 0.15) is 0 Å². The monoisotopic (exact) mass is 278 g/mol. The molecule has 1 aromatic carbocycles. The molecule has 0 fully saturated rings. The van der Waals surface area contributed by atoms with Crippen molar-refractivity contribution in [1.82, 2.24) is 9.99 Å². The average molecular weight is 279 g/mol. The lowest BCUT2D eigenvalue weighted by Gasteiger charge is -2.03. The average Bonchev–Trinajstić information content (AvgIpc) is 2.25. The van der Waals surface area contributed by atoms with Gasteiger partial charge in [0.25, 0.3) is 0 Å². The van der Waals surface area contributed by atoms with Crippen molar-refractivity contribution in [3.63, 3.8) is 0 Å². The van der Waals surface area contributed by atoms with Gasteiger partial charge in [0.2, 0.25) is 0 Å². The Bertz CT molecular complexity index is 536. The highest BCUT2D eigenvalue weighted by molar-refractivity contribution is 9.10. The van der Waals surface area contributed by atoms with E-state index in [2.05, 4.69) is 31.3 Å². The number of hydrogen-bond donors (Lipinski definition) is 0. The number of rotatable bonds is 2. The third kappa shape index (κ3) is 2.36. The number of pyridine rings is 1. The minimum Gasteiger partial charge on any atom is -0.285 e. The fourth-order valence-corrected chi connectivity index (χ4v) is 1.68. The van der Waals surface area contributed by atoms with Gasteiger partial charge in [0.05, 0.1) is 11.2 Å². The van der Waals surface area contributed by atoms with Crippen LogP contribution < -0.4 is 0 Å². The molecule has 0 unspecified atom stereocenters. The van der Waals surface area contributed by atoms with Crippen molar-refractivity contribution in [3.8, 4) is 0 Å². The smallest absolute Gasteiger partial charge is 0.0983 e. The van der Waals surface area contributed by atoms with Crippen LogP contribution in [-0.2, 0) is 0 Å². The largest absolute Gasteiger partial charge is 0.285 e. The predicted molar refractivity (Wildman–Crippen MR) is 67.6 cm³/mol. The summed E-state index contributed by atoms with van der Waals surface area (Å²) in [6, 6.07) is 7.77. The molecule has 0 aliphatic heterocycles. The van der Waals surface area contributed by atoms with Crippen molar-refractivity contribution in [3.05, 3.63) is 34.9 Å². The summed E-state index contributed by atoms with van der Waals surface area (Å²) in [4.78, 5) is 4.28. The Morgan fingerprint density at radius 1 is 1.25 bits per heavy atom. The number of nitrogens with zero attached hydrogens (tertiary/aromatic N) is 4. The Hall–Kier alpha value is -1.49. The van der Waals surface area contributed by atoms with E-state index in [0.29, 0.717) is 0 Å². The van der Waals surface area contributed by atoms with Gasteiger partial charge in [-0.25, -0.2) is 0 Å². The minimum absolute atomic E-state index is 0.825. The molecule has 4 nitrogen and oxygen atoms in total. The standard InChI is InChI=1S/C11H11BrN4/c1-16(2)15-14-10-5-6-13-11-7-8(12)3-4-9(10)11/h3-7H,1-2H3. The zero-order valence-corrected chi connectivity index (χ0v) is 10.6. The van der Waals surface area contributed by atoms with Crippen LogP contribution in [0.2, 0.25) is 0 Å². The summed E-state index contributed by atoms with van der Waals surface area (Å²) in [6.07, 6.45) is 1.73. The Morgan fingerprint density at radius 2 is 2.06 bits per heavy atom. The van der Waals surface area contributed by atoms with Crippen LogP contribution in [-0.4, -0.2) is 24.1 Å². The summed E-state index contributed by atoms with van der Waals surface area (Å²) in [7, 11) is 3.67. The number of hydrogen-bond acceptors (Lipinski definition) is 3. The van der Waals surface area contributed by atoms with Crippen molar-refractivity contribution < 1.29 is 0 Å². The van der Waals surface area contributed by atoms with Crippen molar-refractivity contribution in [2.75, 3.05) is 14.1 Å². The van der Waals surface area contributed by atoms with Crippen LogP contribution in [0.4, 0.5) is 5.69 Å². The van der Waals surface area contributed by atoms with Crippen molar-refractivity contribution in [2.45, 2.75) is 0 Å². The maximum atomic E-state index is 4.28. The van der Waals surface area contributed by atoms with Gasteiger partial charge in [-0.3, -0.25) is 9.99 Å². The second-order valence-electron chi connectivity index (χ2n) is 3.53. The predicted octanol–water partition coefficient (Wildman–Crippen LogP) is 3.56. The molecule has 0 N–H and O–H groups in total. The number of fused-ring (bicyclic) bond motifs is 1. The summed E-state index contributed by atoms with van der Waals surface area (Å²) in [5.74, 6) is 0. The SMILES string of the molecule is CN(C)N=Nc1ccnc2cc(Br)ccc12. The Morgan fingerprint density at radius 3 is 2.81 bits per heavy atom. The Kier molecular flexibility index (Phi) is 3.14. The van der Waals surface area contributed by atoms with Gasteiger partial charge in [-0.05, 0) is 24.3 Å². The molecule has 0 atom stereocenters. The lowest BCUT2D eigenvalue weighted by molar-refractivity contribution is 0.408. The highest BCUT2D eigenvalue weighted by Gasteiger charge is 2.01. The molecule has 2 aromatic rings. The van der Waals surface area contributed by atoms with Gasteiger partial charge in [0.1, 0.15) is 0 Å². The molecule has 1 aromatic heterocycles. The molecular weight excluding hydrogens is 268 g/mol. The van der Waals surface area contributed by atoms with E-state index in [4.69, 9.17) is 0 Å². The molecule has 2 rings (SSSR count). The van der Waals surface area contributed by atoms with Crippen molar-refractivity contribution in [1.29, 1.82) is 0 Å². The van der Waals surface area contributed by atoms with Gasteiger partial charge in [-0.1, -0.05) is 21.2 Å². The van der Waals surface area contributed by atoms with Gasteiger partial charge in [-0.2, -0.15) is 0 Å². The van der Waals surface area contributed by atoms with Crippen LogP contribution in [0.15, 0.2) is 45.3 Å². The first-order valence-corrected chi connectivity index (χ1v) is 5.59. The maximum Gasteiger partial charge on any atom is 0.0983 e. The third-order valence-corrected chi connectivity index (χ3v) is 2.51. The molecule has 0 radical (unpaired) electrons. The van der Waals surface area contributed by atoms with Gasteiger partial charge >= 0.3 is 0 Å². The Labute approximate surface area is 102 Å². The molecule has 0 saturated heterocycles. The van der Waals surface area contributed by atoms with E-state index in [9.17, 15) is 0 Å². The zero-order chi connectivity index (χ0) is 11.5. The van der Waals surface area contributed by atoms with E-state index < -0.39 is 0 Å². The third-order valence-electron chi connectivity index (χ3n) is 2.01. The molecule has 5 heteroatoms. The molecule has 0 aliphatic carbocycles. The molecule has 82 valence electrons. The van der Waals surface area contributed by atoms with Gasteiger partial charge in [0, 0.05) is 30.2 Å². The minimum atomic E-state index is 0.825. The summed E-state index contributed by atoms with van der Waals surface area (Å²) >= 11 is 3.42. The Balaban J connectivity index is 2.54. The first-order chi connectivity index (χ1) is 7.66.